The fourth-order valence-corrected chi connectivity index (χ4v) is 3.31. The predicted molar refractivity (Wildman–Crippen MR) is 81.0 cm³/mol. The SMILES string of the molecule is NCC#Cc1cncc(OCC2CCC3(CCCC3)O2)c1. The Morgan fingerprint density at radius 3 is 3.00 bits per heavy atom. The van der Waals surface area contributed by atoms with Crippen LogP contribution >= 0.6 is 0 Å². The van der Waals surface area contributed by atoms with E-state index in [9.17, 15) is 0 Å². The molecule has 21 heavy (non-hydrogen) atoms. The van der Waals surface area contributed by atoms with Gasteiger partial charge in [0.1, 0.15) is 12.4 Å². The number of nitrogens with zero attached hydrogens (tertiary/aromatic N) is 1. The fraction of sp³-hybridized carbons (Fsp3) is 0.588. The molecule has 2 heterocycles. The summed E-state index contributed by atoms with van der Waals surface area (Å²) in [5.74, 6) is 6.53. The minimum Gasteiger partial charge on any atom is -0.489 e. The van der Waals surface area contributed by atoms with E-state index in [0.717, 1.165) is 17.7 Å². The van der Waals surface area contributed by atoms with Crippen molar-refractivity contribution in [2.75, 3.05) is 13.2 Å². The number of pyridine rings is 1. The number of hydrogen-bond acceptors (Lipinski definition) is 4. The van der Waals surface area contributed by atoms with Gasteiger partial charge >= 0.3 is 0 Å². The van der Waals surface area contributed by atoms with Crippen molar-refractivity contribution in [1.82, 2.24) is 4.98 Å². The highest BCUT2D eigenvalue weighted by atomic mass is 16.6. The average molecular weight is 286 g/mol. The number of rotatable bonds is 3. The molecule has 2 fully saturated rings. The van der Waals surface area contributed by atoms with Gasteiger partial charge in [0.15, 0.2) is 0 Å². The fourth-order valence-electron chi connectivity index (χ4n) is 3.31. The predicted octanol–water partition coefficient (Wildman–Crippen LogP) is 2.26. The topological polar surface area (TPSA) is 57.4 Å². The van der Waals surface area contributed by atoms with Gasteiger partial charge in [-0.2, -0.15) is 0 Å². The lowest BCUT2D eigenvalue weighted by atomic mass is 9.98. The lowest BCUT2D eigenvalue weighted by Gasteiger charge is -2.23. The van der Waals surface area contributed by atoms with Gasteiger partial charge in [0.2, 0.25) is 0 Å². The Bertz CT molecular complexity index is 541. The molecule has 3 rings (SSSR count). The molecule has 1 saturated carbocycles. The number of ether oxygens (including phenoxy) is 2. The van der Waals surface area contributed by atoms with E-state index in [0.29, 0.717) is 13.2 Å². The molecule has 1 saturated heterocycles. The Hall–Kier alpha value is -1.57. The summed E-state index contributed by atoms with van der Waals surface area (Å²) in [6.45, 7) is 0.945. The highest BCUT2D eigenvalue weighted by Gasteiger charge is 2.42. The molecule has 1 atom stereocenters. The molecule has 0 aromatic carbocycles. The quantitative estimate of drug-likeness (QED) is 0.866. The van der Waals surface area contributed by atoms with E-state index in [-0.39, 0.29) is 11.7 Å². The van der Waals surface area contributed by atoms with Crippen molar-refractivity contribution in [3.05, 3.63) is 24.0 Å². The summed E-state index contributed by atoms with van der Waals surface area (Å²) >= 11 is 0. The molecule has 1 spiro atoms. The van der Waals surface area contributed by atoms with Gasteiger partial charge in [-0.1, -0.05) is 24.7 Å². The van der Waals surface area contributed by atoms with Gasteiger partial charge < -0.3 is 15.2 Å². The third-order valence-electron chi connectivity index (χ3n) is 4.34. The third-order valence-corrected chi connectivity index (χ3v) is 4.34. The van der Waals surface area contributed by atoms with Gasteiger partial charge in [0.25, 0.3) is 0 Å². The maximum Gasteiger partial charge on any atom is 0.138 e. The summed E-state index contributed by atoms with van der Waals surface area (Å²) in [6.07, 6.45) is 11.0. The van der Waals surface area contributed by atoms with E-state index >= 15 is 0 Å². The Balaban J connectivity index is 1.53. The first-order valence-electron chi connectivity index (χ1n) is 7.74. The molecule has 2 N–H and O–H groups in total. The lowest BCUT2D eigenvalue weighted by molar-refractivity contribution is -0.0509. The van der Waals surface area contributed by atoms with Crippen LogP contribution in [0, 0.1) is 11.8 Å². The largest absolute Gasteiger partial charge is 0.489 e. The number of nitrogens with two attached hydrogens (primary N) is 1. The molecule has 1 unspecified atom stereocenters. The van der Waals surface area contributed by atoms with Gasteiger partial charge in [0, 0.05) is 11.8 Å². The average Bonchev–Trinajstić information content (AvgIpc) is 3.14. The number of hydrogen-bond donors (Lipinski definition) is 1. The van der Waals surface area contributed by atoms with E-state index in [1.54, 1.807) is 12.4 Å². The Kier molecular flexibility index (Phi) is 4.42. The monoisotopic (exact) mass is 286 g/mol. The Morgan fingerprint density at radius 1 is 1.33 bits per heavy atom. The highest BCUT2D eigenvalue weighted by molar-refractivity contribution is 5.36. The molecule has 0 radical (unpaired) electrons. The van der Waals surface area contributed by atoms with Crippen LogP contribution in [0.3, 0.4) is 0 Å². The van der Waals surface area contributed by atoms with E-state index < -0.39 is 0 Å². The molecular formula is C17H22N2O2. The van der Waals surface area contributed by atoms with Crippen molar-refractivity contribution in [1.29, 1.82) is 0 Å². The van der Waals surface area contributed by atoms with Crippen LogP contribution < -0.4 is 10.5 Å². The van der Waals surface area contributed by atoms with Gasteiger partial charge in [-0.25, -0.2) is 0 Å². The van der Waals surface area contributed by atoms with Crippen LogP contribution in [0.15, 0.2) is 18.5 Å². The second-order valence-electron chi connectivity index (χ2n) is 5.89. The molecule has 1 aromatic rings. The smallest absolute Gasteiger partial charge is 0.138 e. The van der Waals surface area contributed by atoms with Crippen molar-refractivity contribution >= 4 is 0 Å². The van der Waals surface area contributed by atoms with Gasteiger partial charge in [-0.3, -0.25) is 4.98 Å². The zero-order valence-electron chi connectivity index (χ0n) is 12.3. The standard InChI is InChI=1S/C17H22N2O2/c18-9-3-4-14-10-16(12-19-11-14)20-13-15-5-8-17(21-15)6-1-2-7-17/h10-12,15H,1-2,5-9,13,18H2. The summed E-state index contributed by atoms with van der Waals surface area (Å²) in [5.41, 5.74) is 6.37. The van der Waals surface area contributed by atoms with Crippen LogP contribution in [0.5, 0.6) is 5.75 Å². The molecule has 4 heteroatoms. The number of aromatic nitrogens is 1. The van der Waals surface area contributed by atoms with E-state index in [2.05, 4.69) is 16.8 Å². The molecule has 112 valence electrons. The Morgan fingerprint density at radius 2 is 2.19 bits per heavy atom. The maximum atomic E-state index is 6.24. The minimum atomic E-state index is 0.167. The zero-order chi connectivity index (χ0) is 14.5. The van der Waals surface area contributed by atoms with Crippen molar-refractivity contribution in [3.63, 3.8) is 0 Å². The first kappa shape index (κ1) is 14.4. The second-order valence-corrected chi connectivity index (χ2v) is 5.89. The van der Waals surface area contributed by atoms with Crippen molar-refractivity contribution in [2.45, 2.75) is 50.2 Å². The van der Waals surface area contributed by atoms with E-state index in [1.807, 2.05) is 6.07 Å². The molecule has 1 aliphatic carbocycles. The van der Waals surface area contributed by atoms with Crippen LogP contribution in [0.25, 0.3) is 0 Å². The van der Waals surface area contributed by atoms with Crippen LogP contribution in [0.4, 0.5) is 0 Å². The maximum absolute atomic E-state index is 6.24. The third kappa shape index (κ3) is 3.55. The normalized spacial score (nSPS) is 23.0. The van der Waals surface area contributed by atoms with Crippen LogP contribution in [-0.4, -0.2) is 29.8 Å². The Labute approximate surface area is 126 Å². The van der Waals surface area contributed by atoms with Gasteiger partial charge in [-0.15, -0.1) is 0 Å². The zero-order valence-corrected chi connectivity index (χ0v) is 12.3. The highest BCUT2D eigenvalue weighted by Crippen LogP contribution is 2.43. The molecule has 0 bridgehead atoms. The molecule has 0 amide bonds. The molecule has 2 aliphatic rings. The summed E-state index contributed by atoms with van der Waals surface area (Å²) in [4.78, 5) is 4.14. The summed E-state index contributed by atoms with van der Waals surface area (Å²) in [5, 5.41) is 0. The van der Waals surface area contributed by atoms with Gasteiger partial charge in [-0.05, 0) is 31.7 Å². The van der Waals surface area contributed by atoms with Crippen molar-refractivity contribution < 1.29 is 9.47 Å². The van der Waals surface area contributed by atoms with Crippen LogP contribution in [0.1, 0.15) is 44.1 Å². The first-order chi connectivity index (χ1) is 10.3. The van der Waals surface area contributed by atoms with Crippen molar-refractivity contribution in [2.24, 2.45) is 5.73 Å². The molecule has 1 aliphatic heterocycles. The second kappa shape index (κ2) is 6.46. The lowest BCUT2D eigenvalue weighted by Crippen LogP contribution is -2.27. The summed E-state index contributed by atoms with van der Waals surface area (Å²) in [7, 11) is 0. The first-order valence-corrected chi connectivity index (χ1v) is 7.74. The van der Waals surface area contributed by atoms with E-state index in [1.165, 1.54) is 32.1 Å². The van der Waals surface area contributed by atoms with Gasteiger partial charge in [0.05, 0.1) is 24.4 Å². The van der Waals surface area contributed by atoms with E-state index in [4.69, 9.17) is 15.2 Å². The molecule has 4 nitrogen and oxygen atoms in total. The summed E-state index contributed by atoms with van der Waals surface area (Å²) in [6, 6.07) is 1.90. The van der Waals surface area contributed by atoms with Crippen LogP contribution in [-0.2, 0) is 4.74 Å². The molecular weight excluding hydrogens is 264 g/mol. The molecule has 1 aromatic heterocycles. The van der Waals surface area contributed by atoms with Crippen molar-refractivity contribution in [3.8, 4) is 17.6 Å². The van der Waals surface area contributed by atoms with Crippen LogP contribution in [0.2, 0.25) is 0 Å². The minimum absolute atomic E-state index is 0.167. The summed E-state index contributed by atoms with van der Waals surface area (Å²) < 4.78 is 12.1.